The predicted molar refractivity (Wildman–Crippen MR) is 169 cm³/mol. The zero-order valence-corrected chi connectivity index (χ0v) is 24.5. The van der Waals surface area contributed by atoms with Gasteiger partial charge < -0.3 is 19.2 Å². The van der Waals surface area contributed by atoms with E-state index in [1.54, 1.807) is 48.5 Å². The first kappa shape index (κ1) is 30.0. The molecular weight excluding hydrogens is 621 g/mol. The molecule has 0 aliphatic rings. The van der Waals surface area contributed by atoms with E-state index in [1.165, 1.54) is 31.4 Å². The molecule has 12 nitrogen and oxygen atoms in total. The number of furan rings is 1. The highest BCUT2D eigenvalue weighted by Gasteiger charge is 2.23. The zero-order valence-electron chi connectivity index (χ0n) is 23.8. The highest BCUT2D eigenvalue weighted by atomic mass is 35.5. The van der Waals surface area contributed by atoms with Gasteiger partial charge in [-0.05, 0) is 54.6 Å². The Hall–Kier alpha value is -6.08. The van der Waals surface area contributed by atoms with E-state index in [-0.39, 0.29) is 39.0 Å². The standard InChI is InChI=1S/C32H21ClFN5O7/c1-44-26-10-5-11-27-23(26)15-28(46-27)31-37-24-9-3-2-8-22(24)32(41)38(31)35-16-18-12-19(33)13-25(39(42)43)30(18)45-17-29(40)36-21-7-4-6-20(34)14-21/h2-16H,17H2,1H3,(H,36,40). The molecule has 2 heterocycles. The molecule has 0 saturated carbocycles. The summed E-state index contributed by atoms with van der Waals surface area (Å²) in [5.41, 5.74) is -0.105. The van der Waals surface area contributed by atoms with Crippen LogP contribution >= 0.6 is 11.6 Å². The molecule has 0 radical (unpaired) electrons. The molecular formula is C32H21ClFN5O7. The number of carbonyl (C=O) groups is 1. The Bertz CT molecular complexity index is 2250. The van der Waals surface area contributed by atoms with Crippen molar-refractivity contribution in [2.45, 2.75) is 0 Å². The average Bonchev–Trinajstić information content (AvgIpc) is 3.48. The number of carbonyl (C=O) groups excluding carboxylic acids is 1. The van der Waals surface area contributed by atoms with Crippen LogP contribution < -0.4 is 20.3 Å². The Morgan fingerprint density at radius 3 is 2.70 bits per heavy atom. The summed E-state index contributed by atoms with van der Waals surface area (Å²) in [4.78, 5) is 42.1. The summed E-state index contributed by atoms with van der Waals surface area (Å²) in [5, 5.41) is 19.6. The van der Waals surface area contributed by atoms with Crippen LogP contribution in [0.1, 0.15) is 5.56 Å². The van der Waals surface area contributed by atoms with E-state index in [0.29, 0.717) is 22.2 Å². The fourth-order valence-corrected chi connectivity index (χ4v) is 4.94. The van der Waals surface area contributed by atoms with Crippen LogP contribution in [-0.4, -0.2) is 40.4 Å². The van der Waals surface area contributed by atoms with Crippen molar-refractivity contribution < 1.29 is 28.0 Å². The molecule has 6 rings (SSSR count). The molecule has 230 valence electrons. The Balaban J connectivity index is 1.43. The van der Waals surface area contributed by atoms with Gasteiger partial charge in [0.25, 0.3) is 11.5 Å². The number of fused-ring (bicyclic) bond motifs is 2. The third-order valence-corrected chi connectivity index (χ3v) is 6.96. The number of hydrogen-bond acceptors (Lipinski definition) is 9. The van der Waals surface area contributed by atoms with Crippen LogP contribution in [-0.2, 0) is 4.79 Å². The van der Waals surface area contributed by atoms with Crippen molar-refractivity contribution in [1.29, 1.82) is 0 Å². The highest BCUT2D eigenvalue weighted by molar-refractivity contribution is 6.31. The molecule has 6 aromatic rings. The van der Waals surface area contributed by atoms with Gasteiger partial charge in [-0.15, -0.1) is 0 Å². The van der Waals surface area contributed by atoms with Gasteiger partial charge in [-0.2, -0.15) is 9.78 Å². The van der Waals surface area contributed by atoms with Crippen LogP contribution in [0.4, 0.5) is 15.8 Å². The molecule has 0 atom stereocenters. The van der Waals surface area contributed by atoms with E-state index in [9.17, 15) is 24.1 Å². The summed E-state index contributed by atoms with van der Waals surface area (Å²) in [6.45, 7) is -0.677. The van der Waals surface area contributed by atoms with Crippen molar-refractivity contribution in [3.63, 3.8) is 0 Å². The van der Waals surface area contributed by atoms with Crippen molar-refractivity contribution in [3.05, 3.63) is 122 Å². The van der Waals surface area contributed by atoms with Crippen LogP contribution in [0.3, 0.4) is 0 Å². The van der Waals surface area contributed by atoms with Crippen LogP contribution in [0, 0.1) is 15.9 Å². The Morgan fingerprint density at radius 1 is 1.11 bits per heavy atom. The minimum Gasteiger partial charge on any atom is -0.496 e. The van der Waals surface area contributed by atoms with Gasteiger partial charge in [0.2, 0.25) is 11.6 Å². The number of ether oxygens (including phenoxy) is 2. The van der Waals surface area contributed by atoms with Crippen molar-refractivity contribution in [2.24, 2.45) is 5.10 Å². The summed E-state index contributed by atoms with van der Waals surface area (Å²) in [6.07, 6.45) is 1.13. The van der Waals surface area contributed by atoms with Crippen LogP contribution in [0.2, 0.25) is 5.02 Å². The summed E-state index contributed by atoms with van der Waals surface area (Å²) in [5.74, 6) is -0.848. The highest BCUT2D eigenvalue weighted by Crippen LogP contribution is 2.35. The Kier molecular flexibility index (Phi) is 8.14. The smallest absolute Gasteiger partial charge is 0.313 e. The monoisotopic (exact) mass is 641 g/mol. The first-order chi connectivity index (χ1) is 22.2. The molecule has 0 bridgehead atoms. The number of aromatic nitrogens is 2. The van der Waals surface area contributed by atoms with Gasteiger partial charge in [0.1, 0.15) is 17.1 Å². The average molecular weight is 642 g/mol. The lowest BCUT2D eigenvalue weighted by Crippen LogP contribution is -2.21. The predicted octanol–water partition coefficient (Wildman–Crippen LogP) is 6.42. The molecule has 1 amide bonds. The summed E-state index contributed by atoms with van der Waals surface area (Å²) in [7, 11) is 1.52. The lowest BCUT2D eigenvalue weighted by molar-refractivity contribution is -0.385. The number of benzene rings is 4. The number of rotatable bonds is 9. The van der Waals surface area contributed by atoms with Gasteiger partial charge in [0.15, 0.2) is 12.4 Å². The first-order valence-electron chi connectivity index (χ1n) is 13.5. The molecule has 4 aromatic carbocycles. The number of anilines is 1. The molecule has 0 aliphatic carbocycles. The summed E-state index contributed by atoms with van der Waals surface area (Å²) < 4.78 is 31.6. The van der Waals surface area contributed by atoms with Crippen molar-refractivity contribution in [2.75, 3.05) is 19.0 Å². The van der Waals surface area contributed by atoms with E-state index < -0.39 is 34.5 Å². The van der Waals surface area contributed by atoms with Crippen molar-refractivity contribution in [3.8, 4) is 23.1 Å². The molecule has 2 aromatic heterocycles. The third kappa shape index (κ3) is 5.99. The molecule has 1 N–H and O–H groups in total. The van der Waals surface area contributed by atoms with Gasteiger partial charge in [0, 0.05) is 22.3 Å². The molecule has 0 unspecified atom stereocenters. The van der Waals surface area contributed by atoms with E-state index >= 15 is 0 Å². The number of nitro benzene ring substituents is 1. The number of nitro groups is 1. The quantitative estimate of drug-likeness (QED) is 0.108. The molecule has 0 saturated heterocycles. The van der Waals surface area contributed by atoms with Gasteiger partial charge in [0.05, 0.1) is 34.5 Å². The van der Waals surface area contributed by atoms with Crippen molar-refractivity contribution in [1.82, 2.24) is 9.66 Å². The van der Waals surface area contributed by atoms with Crippen molar-refractivity contribution >= 4 is 57.0 Å². The van der Waals surface area contributed by atoms with Crippen LogP contribution in [0.5, 0.6) is 11.5 Å². The van der Waals surface area contributed by atoms with E-state index in [0.717, 1.165) is 23.0 Å². The lowest BCUT2D eigenvalue weighted by Gasteiger charge is -2.11. The molecule has 0 spiro atoms. The van der Waals surface area contributed by atoms with Gasteiger partial charge in [-0.1, -0.05) is 35.9 Å². The normalized spacial score (nSPS) is 11.3. The number of hydrogen-bond donors (Lipinski definition) is 1. The Morgan fingerprint density at radius 2 is 1.91 bits per heavy atom. The Labute approximate surface area is 263 Å². The number of halogens is 2. The first-order valence-corrected chi connectivity index (χ1v) is 13.9. The second kappa shape index (κ2) is 12.5. The topological polar surface area (TPSA) is 151 Å². The van der Waals surface area contributed by atoms with Crippen LogP contribution in [0.15, 0.2) is 99.2 Å². The number of para-hydroxylation sites is 1. The van der Waals surface area contributed by atoms with E-state index in [1.807, 2.05) is 0 Å². The van der Waals surface area contributed by atoms with E-state index in [4.69, 9.17) is 25.5 Å². The minimum atomic E-state index is -0.736. The molecule has 14 heteroatoms. The molecule has 46 heavy (non-hydrogen) atoms. The number of amides is 1. The number of nitrogens with zero attached hydrogens (tertiary/aromatic N) is 4. The fraction of sp³-hybridized carbons (Fsp3) is 0.0625. The second-order valence-corrected chi connectivity index (χ2v) is 10.2. The van der Waals surface area contributed by atoms with Crippen LogP contribution in [0.25, 0.3) is 33.5 Å². The summed E-state index contributed by atoms with van der Waals surface area (Å²) >= 11 is 6.20. The lowest BCUT2D eigenvalue weighted by atomic mass is 10.2. The minimum absolute atomic E-state index is 0.0185. The molecule has 0 fully saturated rings. The SMILES string of the molecule is COc1cccc2oc(-c3nc4ccccc4c(=O)n3N=Cc3cc(Cl)cc([N+](=O)[O-])c3OCC(=O)Nc3cccc(F)c3)cc12. The molecule has 0 aliphatic heterocycles. The van der Waals surface area contributed by atoms with E-state index in [2.05, 4.69) is 15.4 Å². The third-order valence-electron chi connectivity index (χ3n) is 6.74. The van der Waals surface area contributed by atoms with Gasteiger partial charge in [-0.25, -0.2) is 9.37 Å². The number of nitrogens with one attached hydrogen (secondary N) is 1. The maximum absolute atomic E-state index is 13.7. The largest absolute Gasteiger partial charge is 0.496 e. The van der Waals surface area contributed by atoms with Gasteiger partial charge >= 0.3 is 5.69 Å². The maximum atomic E-state index is 13.7. The van der Waals surface area contributed by atoms with Gasteiger partial charge in [-0.3, -0.25) is 19.7 Å². The fourth-order valence-electron chi connectivity index (χ4n) is 4.72. The summed E-state index contributed by atoms with van der Waals surface area (Å²) in [6, 6.07) is 21.1. The maximum Gasteiger partial charge on any atom is 0.313 e. The zero-order chi connectivity index (χ0) is 32.4. The number of methoxy groups -OCH3 is 1. The second-order valence-electron chi connectivity index (χ2n) is 9.74.